The second-order valence-electron chi connectivity index (χ2n) is 6.34. The smallest absolute Gasteiger partial charge is 0.234 e. The van der Waals surface area contributed by atoms with E-state index in [-0.39, 0.29) is 28.3 Å². The van der Waals surface area contributed by atoms with Gasteiger partial charge in [-0.15, -0.1) is 16.8 Å². The zero-order chi connectivity index (χ0) is 23.1. The molecule has 11 heteroatoms. The highest BCUT2D eigenvalue weighted by Gasteiger charge is 2.16. The molecule has 0 aliphatic heterocycles. The topological polar surface area (TPSA) is 78.3 Å². The molecule has 0 saturated heterocycles. The van der Waals surface area contributed by atoms with Gasteiger partial charge in [0.25, 0.3) is 0 Å². The van der Waals surface area contributed by atoms with Crippen LogP contribution in [-0.2, 0) is 17.9 Å². The lowest BCUT2D eigenvalue weighted by molar-refractivity contribution is -0.113. The van der Waals surface area contributed by atoms with E-state index in [0.717, 1.165) is 5.75 Å². The molecule has 0 atom stereocenters. The molecule has 3 rings (SSSR count). The highest BCUT2D eigenvalue weighted by Crippen LogP contribution is 2.34. The van der Waals surface area contributed by atoms with Crippen LogP contribution in [0.2, 0.25) is 15.1 Å². The third-order valence-corrected chi connectivity index (χ3v) is 5.92. The van der Waals surface area contributed by atoms with E-state index >= 15 is 0 Å². The Morgan fingerprint density at radius 1 is 1.16 bits per heavy atom. The van der Waals surface area contributed by atoms with Crippen LogP contribution in [0.5, 0.6) is 11.5 Å². The Balaban J connectivity index is 1.63. The van der Waals surface area contributed by atoms with Gasteiger partial charge >= 0.3 is 0 Å². The van der Waals surface area contributed by atoms with Gasteiger partial charge in [-0.2, -0.15) is 0 Å². The average molecular weight is 514 g/mol. The van der Waals surface area contributed by atoms with Crippen molar-refractivity contribution >= 4 is 58.2 Å². The monoisotopic (exact) mass is 512 g/mol. The molecule has 0 unspecified atom stereocenters. The van der Waals surface area contributed by atoms with Crippen LogP contribution in [0.4, 0.5) is 5.69 Å². The molecular weight excluding hydrogens is 495 g/mol. The van der Waals surface area contributed by atoms with Gasteiger partial charge in [0.1, 0.15) is 18.1 Å². The summed E-state index contributed by atoms with van der Waals surface area (Å²) in [7, 11) is 1.60. The molecule has 0 aliphatic carbocycles. The molecule has 1 N–H and O–H groups in total. The quantitative estimate of drug-likeness (QED) is 0.275. The summed E-state index contributed by atoms with van der Waals surface area (Å²) in [6, 6.07) is 10.2. The van der Waals surface area contributed by atoms with Crippen molar-refractivity contribution in [3.05, 3.63) is 69.9 Å². The van der Waals surface area contributed by atoms with Crippen molar-refractivity contribution in [3.63, 3.8) is 0 Å². The van der Waals surface area contributed by atoms with Gasteiger partial charge < -0.3 is 14.8 Å². The Bertz CT molecular complexity index is 1080. The van der Waals surface area contributed by atoms with Gasteiger partial charge in [-0.25, -0.2) is 0 Å². The standard InChI is InChI=1S/C21H19Cl3N4O3S/c1-3-8-28-18(11-31-15-6-4-14(30-2)5-7-15)26-27-21(28)32-12-19(29)25-20-16(23)9-13(22)10-17(20)24/h3-7,9-10H,1,8,11-12H2,2H3,(H,25,29). The molecule has 0 spiro atoms. The normalized spacial score (nSPS) is 10.6. The van der Waals surface area contributed by atoms with Crippen molar-refractivity contribution in [1.29, 1.82) is 0 Å². The molecule has 0 fully saturated rings. The maximum atomic E-state index is 12.4. The lowest BCUT2D eigenvalue weighted by atomic mass is 10.3. The summed E-state index contributed by atoms with van der Waals surface area (Å²) in [6.45, 7) is 4.44. The number of aromatic nitrogens is 3. The third kappa shape index (κ3) is 6.32. The Labute approximate surface area is 204 Å². The molecule has 2 aromatic carbocycles. The Morgan fingerprint density at radius 3 is 2.44 bits per heavy atom. The van der Waals surface area contributed by atoms with Gasteiger partial charge in [-0.1, -0.05) is 52.6 Å². The van der Waals surface area contributed by atoms with Crippen LogP contribution < -0.4 is 14.8 Å². The first kappa shape index (κ1) is 24.3. The predicted octanol–water partition coefficient (Wildman–Crippen LogP) is 5.74. The molecule has 32 heavy (non-hydrogen) atoms. The van der Waals surface area contributed by atoms with Crippen LogP contribution in [0.15, 0.2) is 54.2 Å². The number of rotatable bonds is 10. The summed E-state index contributed by atoms with van der Waals surface area (Å²) in [5.41, 5.74) is 0.310. The van der Waals surface area contributed by atoms with Crippen molar-refractivity contribution in [3.8, 4) is 11.5 Å². The van der Waals surface area contributed by atoms with E-state index < -0.39 is 0 Å². The summed E-state index contributed by atoms with van der Waals surface area (Å²) in [4.78, 5) is 12.4. The fourth-order valence-electron chi connectivity index (χ4n) is 2.63. The van der Waals surface area contributed by atoms with Crippen LogP contribution >= 0.6 is 46.6 Å². The number of halogens is 3. The number of ether oxygens (including phenoxy) is 2. The highest BCUT2D eigenvalue weighted by molar-refractivity contribution is 7.99. The largest absolute Gasteiger partial charge is 0.497 e. The van der Waals surface area contributed by atoms with E-state index in [2.05, 4.69) is 22.1 Å². The van der Waals surface area contributed by atoms with Crippen molar-refractivity contribution in [2.75, 3.05) is 18.2 Å². The number of allylic oxidation sites excluding steroid dienone is 1. The molecule has 0 aliphatic rings. The van der Waals surface area contributed by atoms with Gasteiger partial charge in [-0.3, -0.25) is 9.36 Å². The van der Waals surface area contributed by atoms with Gasteiger partial charge in [0.2, 0.25) is 5.91 Å². The number of carbonyl (C=O) groups is 1. The van der Waals surface area contributed by atoms with Crippen LogP contribution in [-0.4, -0.2) is 33.5 Å². The zero-order valence-electron chi connectivity index (χ0n) is 17.0. The number of methoxy groups -OCH3 is 1. The Hall–Kier alpha value is -2.39. The summed E-state index contributed by atoms with van der Waals surface area (Å²) in [6.07, 6.45) is 1.72. The van der Waals surface area contributed by atoms with Crippen molar-refractivity contribution in [2.24, 2.45) is 0 Å². The number of nitrogens with one attached hydrogen (secondary N) is 1. The van der Waals surface area contributed by atoms with E-state index in [1.165, 1.54) is 23.9 Å². The minimum absolute atomic E-state index is 0.0733. The number of nitrogens with zero attached hydrogens (tertiary/aromatic N) is 3. The molecule has 7 nitrogen and oxygen atoms in total. The molecule has 0 saturated carbocycles. The van der Waals surface area contributed by atoms with E-state index in [4.69, 9.17) is 44.3 Å². The number of benzene rings is 2. The zero-order valence-corrected chi connectivity index (χ0v) is 20.1. The molecule has 168 valence electrons. The minimum Gasteiger partial charge on any atom is -0.497 e. The highest BCUT2D eigenvalue weighted by atomic mass is 35.5. The van der Waals surface area contributed by atoms with E-state index in [1.807, 2.05) is 16.7 Å². The first-order valence-corrected chi connectivity index (χ1v) is 11.4. The summed E-state index contributed by atoms with van der Waals surface area (Å²) < 4.78 is 12.8. The summed E-state index contributed by atoms with van der Waals surface area (Å²) >= 11 is 19.4. The third-order valence-electron chi connectivity index (χ3n) is 4.14. The molecule has 0 radical (unpaired) electrons. The number of hydrogen-bond acceptors (Lipinski definition) is 6. The SMILES string of the molecule is C=CCn1c(COc2ccc(OC)cc2)nnc1SCC(=O)Nc1c(Cl)cc(Cl)cc1Cl. The van der Waals surface area contributed by atoms with Crippen molar-refractivity contribution in [2.45, 2.75) is 18.3 Å². The number of carbonyl (C=O) groups excluding carboxylic acids is 1. The van der Waals surface area contributed by atoms with Crippen molar-refractivity contribution < 1.29 is 14.3 Å². The maximum absolute atomic E-state index is 12.4. The minimum atomic E-state index is -0.301. The number of amides is 1. The van der Waals surface area contributed by atoms with Crippen LogP contribution in [0.3, 0.4) is 0 Å². The number of thioether (sulfide) groups is 1. The summed E-state index contributed by atoms with van der Waals surface area (Å²) in [5.74, 6) is 1.79. The molecule has 0 bridgehead atoms. The van der Waals surface area contributed by atoms with E-state index in [1.54, 1.807) is 25.3 Å². The Kier molecular flexibility index (Phi) is 8.69. The number of anilines is 1. The van der Waals surface area contributed by atoms with Crippen LogP contribution in [0.1, 0.15) is 5.82 Å². The predicted molar refractivity (Wildman–Crippen MR) is 128 cm³/mol. The second-order valence-corrected chi connectivity index (χ2v) is 8.54. The lowest BCUT2D eigenvalue weighted by Crippen LogP contribution is -2.15. The van der Waals surface area contributed by atoms with E-state index in [9.17, 15) is 4.79 Å². The van der Waals surface area contributed by atoms with E-state index in [0.29, 0.717) is 34.0 Å². The van der Waals surface area contributed by atoms with Crippen LogP contribution in [0.25, 0.3) is 0 Å². The average Bonchev–Trinajstić information content (AvgIpc) is 3.15. The van der Waals surface area contributed by atoms with Gasteiger partial charge in [0.15, 0.2) is 11.0 Å². The Morgan fingerprint density at radius 2 is 1.81 bits per heavy atom. The number of hydrogen-bond donors (Lipinski definition) is 1. The fourth-order valence-corrected chi connectivity index (χ4v) is 4.31. The molecular formula is C21H19Cl3N4O3S. The maximum Gasteiger partial charge on any atom is 0.234 e. The molecule has 1 heterocycles. The second kappa shape index (κ2) is 11.5. The van der Waals surface area contributed by atoms with Gasteiger partial charge in [-0.05, 0) is 36.4 Å². The van der Waals surface area contributed by atoms with Crippen LogP contribution in [0, 0.1) is 0 Å². The first-order chi connectivity index (χ1) is 15.4. The lowest BCUT2D eigenvalue weighted by Gasteiger charge is -2.11. The first-order valence-electron chi connectivity index (χ1n) is 9.28. The van der Waals surface area contributed by atoms with Gasteiger partial charge in [0.05, 0.1) is 28.6 Å². The molecule has 3 aromatic rings. The summed E-state index contributed by atoms with van der Waals surface area (Å²) in [5, 5.41) is 12.5. The molecule has 1 amide bonds. The van der Waals surface area contributed by atoms with Crippen molar-refractivity contribution in [1.82, 2.24) is 14.8 Å². The molecule has 1 aromatic heterocycles. The van der Waals surface area contributed by atoms with Gasteiger partial charge in [0, 0.05) is 11.6 Å². The fraction of sp³-hybridized carbons (Fsp3) is 0.190.